The predicted octanol–water partition coefficient (Wildman–Crippen LogP) is 6.63. The lowest BCUT2D eigenvalue weighted by Crippen LogP contribution is -2.10. The van der Waals surface area contributed by atoms with E-state index in [1.807, 2.05) is 54.6 Å². The molecule has 0 heterocycles. The van der Waals surface area contributed by atoms with Crippen LogP contribution in [0.4, 0.5) is 5.69 Å². The van der Waals surface area contributed by atoms with E-state index in [0.717, 1.165) is 33.0 Å². The molecule has 0 aliphatic heterocycles. The van der Waals surface area contributed by atoms with Gasteiger partial charge in [-0.1, -0.05) is 59.6 Å². The number of nitrogens with one attached hydrogen (secondary N) is 2. The van der Waals surface area contributed by atoms with E-state index < -0.39 is 0 Å². The summed E-state index contributed by atoms with van der Waals surface area (Å²) in [5, 5.41) is 11.6. The van der Waals surface area contributed by atoms with E-state index in [-0.39, 0.29) is 5.84 Å². The summed E-state index contributed by atoms with van der Waals surface area (Å²) in [7, 11) is 0. The maximum absolute atomic E-state index is 7.56. The van der Waals surface area contributed by atoms with Crippen molar-refractivity contribution in [2.45, 2.75) is 25.7 Å². The Morgan fingerprint density at radius 2 is 1.52 bits per heavy atom. The molecule has 0 saturated heterocycles. The largest absolute Gasteiger partial charge is 0.384 e. The summed E-state index contributed by atoms with van der Waals surface area (Å²) < 4.78 is 0. The average Bonchev–Trinajstić information content (AvgIpc) is 2.65. The van der Waals surface area contributed by atoms with Gasteiger partial charge in [-0.3, -0.25) is 5.41 Å². The van der Waals surface area contributed by atoms with Crippen LogP contribution in [0.1, 0.15) is 22.3 Å². The van der Waals surface area contributed by atoms with Crippen molar-refractivity contribution in [3.63, 3.8) is 0 Å². The lowest BCUT2D eigenvalue weighted by Gasteiger charge is -2.17. The van der Waals surface area contributed by atoms with Crippen LogP contribution in [0.5, 0.6) is 0 Å². The highest BCUT2D eigenvalue weighted by Crippen LogP contribution is 2.27. The van der Waals surface area contributed by atoms with Gasteiger partial charge in [0.1, 0.15) is 5.84 Å². The Morgan fingerprint density at radius 1 is 0.966 bits per heavy atom. The van der Waals surface area contributed by atoms with E-state index in [1.54, 1.807) is 6.08 Å². The van der Waals surface area contributed by atoms with Crippen molar-refractivity contribution >= 4 is 41.4 Å². The van der Waals surface area contributed by atoms with Crippen molar-refractivity contribution in [1.29, 1.82) is 5.41 Å². The van der Waals surface area contributed by atoms with Gasteiger partial charge < -0.3 is 11.1 Å². The monoisotopic (exact) mass is 423 g/mol. The molecule has 0 fully saturated rings. The molecule has 0 radical (unpaired) electrons. The van der Waals surface area contributed by atoms with Gasteiger partial charge >= 0.3 is 0 Å². The van der Waals surface area contributed by atoms with Crippen LogP contribution in [-0.4, -0.2) is 5.84 Å². The lowest BCUT2D eigenvalue weighted by atomic mass is 10.0. The van der Waals surface area contributed by atoms with Crippen LogP contribution in [0.3, 0.4) is 0 Å². The third kappa shape index (κ3) is 7.33. The summed E-state index contributed by atoms with van der Waals surface area (Å²) >= 11 is 10.0. The highest BCUT2D eigenvalue weighted by Gasteiger charge is 2.08. The van der Waals surface area contributed by atoms with Gasteiger partial charge in [0.05, 0.1) is 0 Å². The molecule has 3 aromatic carbocycles. The minimum Gasteiger partial charge on any atom is -0.384 e. The molecule has 3 aromatic rings. The topological polar surface area (TPSA) is 61.9 Å². The molecule has 3 rings (SSSR count). The second-order valence-electron chi connectivity index (χ2n) is 6.75. The van der Waals surface area contributed by atoms with Gasteiger partial charge in [0.25, 0.3) is 0 Å². The van der Waals surface area contributed by atoms with Crippen LogP contribution in [0, 0.1) is 26.2 Å². The number of nitrogens with two attached hydrogens (primary N) is 1. The summed E-state index contributed by atoms with van der Waals surface area (Å²) in [5.41, 5.74) is 11.8. The summed E-state index contributed by atoms with van der Waals surface area (Å²) in [6, 6.07) is 21.5. The third-order valence-electron chi connectivity index (χ3n) is 4.15. The summed E-state index contributed by atoms with van der Waals surface area (Å²) in [4.78, 5) is 1.02. The molecular weight excluding hydrogens is 398 g/mol. The lowest BCUT2D eigenvalue weighted by molar-refractivity contribution is 1.31. The number of thiol groups is 1. The molecule has 29 heavy (non-hydrogen) atoms. The van der Waals surface area contributed by atoms with Crippen molar-refractivity contribution in [3.05, 3.63) is 100 Å². The second-order valence-corrected chi connectivity index (χ2v) is 7.71. The molecule has 150 valence electrons. The smallest absolute Gasteiger partial charge is 0.117 e. The number of aryl methyl sites for hydroxylation is 3. The van der Waals surface area contributed by atoms with Crippen LogP contribution >= 0.6 is 24.2 Å². The first-order chi connectivity index (χ1) is 13.8. The molecule has 3 nitrogen and oxygen atoms in total. The average molecular weight is 424 g/mol. The minimum atomic E-state index is -0.000122. The quantitative estimate of drug-likeness (QED) is 0.216. The number of rotatable bonds is 4. The van der Waals surface area contributed by atoms with Crippen LogP contribution in [0.2, 0.25) is 5.02 Å². The van der Waals surface area contributed by atoms with Crippen LogP contribution < -0.4 is 11.1 Å². The molecule has 4 N–H and O–H groups in total. The first-order valence-corrected chi connectivity index (χ1v) is 9.99. The highest BCUT2D eigenvalue weighted by molar-refractivity contribution is 7.80. The summed E-state index contributed by atoms with van der Waals surface area (Å²) in [6.07, 6.45) is 1.61. The maximum Gasteiger partial charge on any atom is 0.117 e. The third-order valence-corrected chi connectivity index (χ3v) is 4.70. The van der Waals surface area contributed by atoms with E-state index >= 15 is 0 Å². The zero-order chi connectivity index (χ0) is 21.4. The van der Waals surface area contributed by atoms with Gasteiger partial charge in [-0.2, -0.15) is 0 Å². The van der Waals surface area contributed by atoms with Crippen LogP contribution in [0.15, 0.2) is 77.7 Å². The SMILES string of the molecule is Cc1cc(C)c(N/C(=C\C(=N)N)c2ccc(Cl)cc2)c(C)c1.Sc1ccccc1. The van der Waals surface area contributed by atoms with Crippen LogP contribution in [0.25, 0.3) is 5.70 Å². The molecule has 0 bridgehead atoms. The fraction of sp³-hybridized carbons (Fsp3) is 0.125. The standard InChI is InChI=1S/C18H20ClN3.C6H6S/c1-11-8-12(2)18(13(3)9-11)22-16(10-17(20)21)14-4-6-15(19)7-5-14;7-6-4-2-1-3-5-6/h4-10,22H,1-3H3,(H3,20,21);1-5,7H/b16-10-;. The summed E-state index contributed by atoms with van der Waals surface area (Å²) in [5.74, 6) is -0.000122. The Labute approximate surface area is 183 Å². The predicted molar refractivity (Wildman–Crippen MR) is 129 cm³/mol. The molecule has 0 saturated carbocycles. The zero-order valence-corrected chi connectivity index (χ0v) is 18.5. The Morgan fingerprint density at radius 3 is 1.97 bits per heavy atom. The van der Waals surface area contributed by atoms with Gasteiger partial charge in [-0.15, -0.1) is 12.6 Å². The van der Waals surface area contributed by atoms with E-state index in [9.17, 15) is 0 Å². The van der Waals surface area contributed by atoms with Gasteiger partial charge in [-0.05, 0) is 61.7 Å². The van der Waals surface area contributed by atoms with Crippen molar-refractivity contribution in [1.82, 2.24) is 0 Å². The van der Waals surface area contributed by atoms with E-state index in [0.29, 0.717) is 5.02 Å². The fourth-order valence-electron chi connectivity index (χ4n) is 2.92. The normalized spacial score (nSPS) is 10.7. The Hall–Kier alpha value is -2.69. The van der Waals surface area contributed by atoms with Crippen molar-refractivity contribution in [3.8, 4) is 0 Å². The van der Waals surface area contributed by atoms with Gasteiger partial charge in [-0.25, -0.2) is 0 Å². The molecule has 0 spiro atoms. The molecular formula is C24H26ClN3S. The molecule has 0 atom stereocenters. The minimum absolute atomic E-state index is 0.000122. The number of amidine groups is 1. The molecule has 0 aromatic heterocycles. The molecule has 0 aliphatic carbocycles. The highest BCUT2D eigenvalue weighted by atomic mass is 35.5. The van der Waals surface area contributed by atoms with Gasteiger partial charge in [0.15, 0.2) is 0 Å². The number of hydrogen-bond acceptors (Lipinski definition) is 3. The number of hydrogen-bond donors (Lipinski definition) is 4. The molecule has 5 heteroatoms. The Kier molecular flexibility index (Phi) is 8.37. The maximum atomic E-state index is 7.56. The Balaban J connectivity index is 0.000000360. The van der Waals surface area contributed by atoms with Gasteiger partial charge in [0.2, 0.25) is 0 Å². The van der Waals surface area contributed by atoms with Crippen molar-refractivity contribution in [2.75, 3.05) is 5.32 Å². The summed E-state index contributed by atoms with van der Waals surface area (Å²) in [6.45, 7) is 6.21. The van der Waals surface area contributed by atoms with E-state index in [4.69, 9.17) is 22.7 Å². The van der Waals surface area contributed by atoms with Crippen molar-refractivity contribution < 1.29 is 0 Å². The second kappa shape index (κ2) is 10.7. The van der Waals surface area contributed by atoms with E-state index in [1.165, 1.54) is 5.56 Å². The fourth-order valence-corrected chi connectivity index (χ4v) is 3.21. The molecule has 0 unspecified atom stereocenters. The first-order valence-electron chi connectivity index (χ1n) is 9.17. The molecule has 0 aliphatic rings. The van der Waals surface area contributed by atoms with Gasteiger partial charge in [0, 0.05) is 27.4 Å². The van der Waals surface area contributed by atoms with E-state index in [2.05, 4.69) is 50.8 Å². The number of halogens is 1. The molecule has 0 amide bonds. The first kappa shape index (κ1) is 22.6. The van der Waals surface area contributed by atoms with Crippen molar-refractivity contribution in [2.24, 2.45) is 5.73 Å². The Bertz CT molecular complexity index is 973. The number of benzene rings is 3. The zero-order valence-electron chi connectivity index (χ0n) is 16.8. The van der Waals surface area contributed by atoms with Crippen LogP contribution in [-0.2, 0) is 0 Å². The number of anilines is 1.